The standard InChI is InChI=1S/C12H13BrFN3O/c1-17-7-8(6-16-17)12(5-15)18-11-4-9(14)2-3-10(11)13/h2-4,6-7,12H,5,15H2,1H3. The monoisotopic (exact) mass is 313 g/mol. The molecule has 1 heterocycles. The zero-order valence-electron chi connectivity index (χ0n) is 9.81. The molecule has 0 saturated heterocycles. The fourth-order valence-electron chi connectivity index (χ4n) is 1.58. The Morgan fingerprint density at radius 1 is 1.56 bits per heavy atom. The summed E-state index contributed by atoms with van der Waals surface area (Å²) in [4.78, 5) is 0. The summed E-state index contributed by atoms with van der Waals surface area (Å²) in [6, 6.07) is 4.28. The number of hydrogen-bond donors (Lipinski definition) is 1. The molecule has 6 heteroatoms. The third kappa shape index (κ3) is 2.88. The maximum Gasteiger partial charge on any atom is 0.139 e. The van der Waals surface area contributed by atoms with Gasteiger partial charge in [-0.1, -0.05) is 0 Å². The van der Waals surface area contributed by atoms with Crippen LogP contribution in [0.5, 0.6) is 5.75 Å². The zero-order chi connectivity index (χ0) is 13.1. The Morgan fingerprint density at radius 2 is 2.33 bits per heavy atom. The van der Waals surface area contributed by atoms with Crippen LogP contribution in [-0.2, 0) is 7.05 Å². The van der Waals surface area contributed by atoms with Crippen molar-refractivity contribution in [1.82, 2.24) is 9.78 Å². The number of halogens is 2. The van der Waals surface area contributed by atoms with Crippen LogP contribution >= 0.6 is 15.9 Å². The number of nitrogens with zero attached hydrogens (tertiary/aromatic N) is 2. The molecule has 0 fully saturated rings. The average molecular weight is 314 g/mol. The third-order valence-electron chi connectivity index (χ3n) is 2.47. The number of aryl methyl sites for hydroxylation is 1. The van der Waals surface area contributed by atoms with Gasteiger partial charge in [0, 0.05) is 31.4 Å². The lowest BCUT2D eigenvalue weighted by atomic mass is 10.2. The van der Waals surface area contributed by atoms with E-state index >= 15 is 0 Å². The molecular weight excluding hydrogens is 301 g/mol. The molecule has 4 nitrogen and oxygen atoms in total. The van der Waals surface area contributed by atoms with Crippen LogP contribution in [0, 0.1) is 5.82 Å². The molecule has 0 aliphatic rings. The Hall–Kier alpha value is -1.40. The van der Waals surface area contributed by atoms with Gasteiger partial charge in [0.15, 0.2) is 0 Å². The summed E-state index contributed by atoms with van der Waals surface area (Å²) >= 11 is 3.31. The normalized spacial score (nSPS) is 12.4. The summed E-state index contributed by atoms with van der Waals surface area (Å²) in [7, 11) is 1.81. The summed E-state index contributed by atoms with van der Waals surface area (Å²) in [5, 5.41) is 4.06. The van der Waals surface area contributed by atoms with Crippen LogP contribution < -0.4 is 10.5 Å². The van der Waals surface area contributed by atoms with Gasteiger partial charge in [-0.2, -0.15) is 5.10 Å². The number of rotatable bonds is 4. The second-order valence-corrected chi connectivity index (χ2v) is 4.72. The van der Waals surface area contributed by atoms with Crippen LogP contribution in [0.15, 0.2) is 35.1 Å². The van der Waals surface area contributed by atoms with Crippen LogP contribution in [0.4, 0.5) is 4.39 Å². The lowest BCUT2D eigenvalue weighted by Gasteiger charge is -2.17. The minimum absolute atomic E-state index is 0.286. The van der Waals surface area contributed by atoms with E-state index in [0.29, 0.717) is 10.2 Å². The number of hydrogen-bond acceptors (Lipinski definition) is 3. The van der Waals surface area contributed by atoms with Gasteiger partial charge in [-0.05, 0) is 28.1 Å². The van der Waals surface area contributed by atoms with Crippen LogP contribution in [0.25, 0.3) is 0 Å². The van der Waals surface area contributed by atoms with Crippen molar-refractivity contribution in [3.63, 3.8) is 0 Å². The van der Waals surface area contributed by atoms with Crippen molar-refractivity contribution >= 4 is 15.9 Å². The molecule has 0 amide bonds. The van der Waals surface area contributed by atoms with Gasteiger partial charge in [-0.15, -0.1) is 0 Å². The first-order valence-corrected chi connectivity index (χ1v) is 6.19. The molecule has 0 aliphatic carbocycles. The largest absolute Gasteiger partial charge is 0.483 e. The molecule has 2 N–H and O–H groups in total. The van der Waals surface area contributed by atoms with Gasteiger partial charge >= 0.3 is 0 Å². The maximum atomic E-state index is 13.2. The summed E-state index contributed by atoms with van der Waals surface area (Å²) in [5.74, 6) is 0.0736. The van der Waals surface area contributed by atoms with E-state index in [-0.39, 0.29) is 18.5 Å². The Labute approximate surface area is 113 Å². The van der Waals surface area contributed by atoms with Crippen molar-refractivity contribution < 1.29 is 9.13 Å². The first-order valence-electron chi connectivity index (χ1n) is 5.40. The van der Waals surface area contributed by atoms with Gasteiger partial charge in [0.25, 0.3) is 0 Å². The first kappa shape index (κ1) is 13.0. The number of nitrogens with two attached hydrogens (primary N) is 1. The quantitative estimate of drug-likeness (QED) is 0.943. The van der Waals surface area contributed by atoms with E-state index < -0.39 is 0 Å². The topological polar surface area (TPSA) is 53.1 Å². The summed E-state index contributed by atoms with van der Waals surface area (Å²) in [6.07, 6.45) is 3.16. The molecule has 1 aromatic carbocycles. The Morgan fingerprint density at radius 3 is 2.94 bits per heavy atom. The highest BCUT2D eigenvalue weighted by Gasteiger charge is 2.15. The van der Waals surface area contributed by atoms with Crippen LogP contribution in [0.3, 0.4) is 0 Å². The minimum Gasteiger partial charge on any atom is -0.483 e. The van der Waals surface area contributed by atoms with Crippen molar-refractivity contribution in [3.8, 4) is 5.75 Å². The molecular formula is C12H13BrFN3O. The lowest BCUT2D eigenvalue weighted by molar-refractivity contribution is 0.212. The van der Waals surface area contributed by atoms with Crippen molar-refractivity contribution in [2.24, 2.45) is 12.8 Å². The number of benzene rings is 1. The van der Waals surface area contributed by atoms with Gasteiger partial charge in [0.05, 0.1) is 10.7 Å². The van der Waals surface area contributed by atoms with Gasteiger partial charge in [-0.3, -0.25) is 4.68 Å². The molecule has 96 valence electrons. The molecule has 2 rings (SSSR count). The highest BCUT2D eigenvalue weighted by Crippen LogP contribution is 2.29. The van der Waals surface area contributed by atoms with Crippen molar-refractivity contribution in [3.05, 3.63) is 46.4 Å². The Kier molecular flexibility index (Phi) is 3.98. The summed E-state index contributed by atoms with van der Waals surface area (Å²) in [5.41, 5.74) is 6.54. The van der Waals surface area contributed by atoms with E-state index in [1.165, 1.54) is 12.1 Å². The molecule has 1 aromatic heterocycles. The van der Waals surface area contributed by atoms with Crippen molar-refractivity contribution in [1.29, 1.82) is 0 Å². The Balaban J connectivity index is 2.22. The van der Waals surface area contributed by atoms with Gasteiger partial charge in [0.1, 0.15) is 17.7 Å². The zero-order valence-corrected chi connectivity index (χ0v) is 11.4. The average Bonchev–Trinajstić information content (AvgIpc) is 2.77. The van der Waals surface area contributed by atoms with Crippen LogP contribution in [0.1, 0.15) is 11.7 Å². The maximum absolute atomic E-state index is 13.2. The molecule has 1 unspecified atom stereocenters. The van der Waals surface area contributed by atoms with E-state index in [4.69, 9.17) is 10.5 Å². The van der Waals surface area contributed by atoms with Crippen molar-refractivity contribution in [2.45, 2.75) is 6.10 Å². The smallest absolute Gasteiger partial charge is 0.139 e. The van der Waals surface area contributed by atoms with Crippen LogP contribution in [0.2, 0.25) is 0 Å². The molecule has 0 saturated carbocycles. The Bertz CT molecular complexity index is 544. The summed E-state index contributed by atoms with van der Waals surface area (Å²) in [6.45, 7) is 0.286. The molecule has 0 spiro atoms. The SMILES string of the molecule is Cn1cc(C(CN)Oc2cc(F)ccc2Br)cn1. The van der Waals surface area contributed by atoms with Crippen LogP contribution in [-0.4, -0.2) is 16.3 Å². The fraction of sp³-hybridized carbons (Fsp3) is 0.250. The second-order valence-electron chi connectivity index (χ2n) is 3.86. The predicted molar refractivity (Wildman–Crippen MR) is 69.7 cm³/mol. The molecule has 0 radical (unpaired) electrons. The first-order chi connectivity index (χ1) is 8.60. The molecule has 18 heavy (non-hydrogen) atoms. The summed E-state index contributed by atoms with van der Waals surface area (Å²) < 4.78 is 21.2. The van der Waals surface area contributed by atoms with Gasteiger partial charge < -0.3 is 10.5 Å². The molecule has 0 aliphatic heterocycles. The predicted octanol–water partition coefficient (Wildman–Crippen LogP) is 2.40. The molecule has 1 atom stereocenters. The second kappa shape index (κ2) is 5.49. The van der Waals surface area contributed by atoms with E-state index in [2.05, 4.69) is 21.0 Å². The van der Waals surface area contributed by atoms with Crippen molar-refractivity contribution in [2.75, 3.05) is 6.54 Å². The van der Waals surface area contributed by atoms with E-state index in [9.17, 15) is 4.39 Å². The van der Waals surface area contributed by atoms with Gasteiger partial charge in [-0.25, -0.2) is 4.39 Å². The highest BCUT2D eigenvalue weighted by atomic mass is 79.9. The third-order valence-corrected chi connectivity index (χ3v) is 3.13. The van der Waals surface area contributed by atoms with E-state index in [0.717, 1.165) is 5.56 Å². The number of ether oxygens (including phenoxy) is 1. The minimum atomic E-state index is -0.352. The fourth-order valence-corrected chi connectivity index (χ4v) is 1.92. The molecule has 2 aromatic rings. The van der Waals surface area contributed by atoms with E-state index in [1.807, 2.05) is 13.2 Å². The number of aromatic nitrogens is 2. The van der Waals surface area contributed by atoms with E-state index in [1.54, 1.807) is 16.9 Å². The molecule has 0 bridgehead atoms. The lowest BCUT2D eigenvalue weighted by Crippen LogP contribution is -2.18. The van der Waals surface area contributed by atoms with Gasteiger partial charge in [0.2, 0.25) is 0 Å². The highest BCUT2D eigenvalue weighted by molar-refractivity contribution is 9.10.